The number of carbonyl (C=O) groups is 1. The molecule has 0 saturated carbocycles. The van der Waals surface area contributed by atoms with Gasteiger partial charge in [0.05, 0.1) is 5.69 Å². The first-order valence-corrected chi connectivity index (χ1v) is 5.82. The number of pyridine rings is 1. The molecule has 17 heavy (non-hydrogen) atoms. The molecule has 1 aromatic rings. The van der Waals surface area contributed by atoms with E-state index in [1.807, 2.05) is 32.0 Å². The zero-order valence-electron chi connectivity index (χ0n) is 10.6. The molecule has 0 radical (unpaired) electrons. The number of hydrogen-bond donors (Lipinski definition) is 2. The van der Waals surface area contributed by atoms with Crippen LogP contribution >= 0.6 is 0 Å². The minimum atomic E-state index is -0.897. The lowest BCUT2D eigenvalue weighted by atomic mass is 9.90. The van der Waals surface area contributed by atoms with Crippen molar-refractivity contribution in [1.29, 1.82) is 0 Å². The average molecular weight is 236 g/mol. The fraction of sp³-hybridized carbons (Fsp3) is 0.538. The van der Waals surface area contributed by atoms with Crippen molar-refractivity contribution in [3.8, 4) is 0 Å². The monoisotopic (exact) mass is 236 g/mol. The minimum absolute atomic E-state index is 0.326. The summed E-state index contributed by atoms with van der Waals surface area (Å²) in [6.07, 6.45) is 2.30. The summed E-state index contributed by atoms with van der Waals surface area (Å²) in [5, 5.41) is 12.4. The van der Waals surface area contributed by atoms with Gasteiger partial charge in [-0.1, -0.05) is 19.9 Å². The molecule has 1 aromatic heterocycles. The molecule has 1 rings (SSSR count). The number of carboxylic acid groups (broad SMARTS) is 1. The maximum absolute atomic E-state index is 11.3. The number of nitrogens with zero attached hydrogens (tertiary/aromatic N) is 1. The summed E-state index contributed by atoms with van der Waals surface area (Å²) in [6.45, 7) is 6.22. The quantitative estimate of drug-likeness (QED) is 0.793. The van der Waals surface area contributed by atoms with Gasteiger partial charge in [-0.3, -0.25) is 15.1 Å². The summed E-state index contributed by atoms with van der Waals surface area (Å²) in [6, 6.07) is 5.61. The Labute approximate surface area is 102 Å². The van der Waals surface area contributed by atoms with Crippen LogP contribution in [0.1, 0.15) is 32.9 Å². The summed E-state index contributed by atoms with van der Waals surface area (Å²) in [7, 11) is 0. The van der Waals surface area contributed by atoms with Crippen molar-refractivity contribution in [2.45, 2.75) is 39.3 Å². The highest BCUT2D eigenvalue weighted by Crippen LogP contribution is 2.17. The van der Waals surface area contributed by atoms with Gasteiger partial charge in [-0.15, -0.1) is 0 Å². The Morgan fingerprint density at radius 2 is 2.24 bits per heavy atom. The molecule has 2 N–H and O–H groups in total. The molecule has 1 atom stereocenters. The molecular weight excluding hydrogens is 216 g/mol. The third-order valence-electron chi connectivity index (χ3n) is 2.67. The number of aromatic nitrogens is 1. The van der Waals surface area contributed by atoms with E-state index in [2.05, 4.69) is 10.3 Å². The van der Waals surface area contributed by atoms with Gasteiger partial charge in [-0.2, -0.15) is 0 Å². The second-order valence-corrected chi connectivity index (χ2v) is 4.91. The fourth-order valence-electron chi connectivity index (χ4n) is 1.84. The van der Waals surface area contributed by atoms with Gasteiger partial charge in [-0.25, -0.2) is 0 Å². The van der Waals surface area contributed by atoms with Crippen LogP contribution in [0.5, 0.6) is 0 Å². The molecule has 94 valence electrons. The fourth-order valence-corrected chi connectivity index (χ4v) is 1.84. The minimum Gasteiger partial charge on any atom is -0.480 e. The second-order valence-electron chi connectivity index (χ2n) is 4.91. The predicted octanol–water partition coefficient (Wildman–Crippen LogP) is 2.06. The van der Waals surface area contributed by atoms with Crippen LogP contribution in [0, 0.1) is 5.92 Å². The summed E-state index contributed by atoms with van der Waals surface area (Å²) in [5.74, 6) is -0.491. The summed E-state index contributed by atoms with van der Waals surface area (Å²) >= 11 is 0. The van der Waals surface area contributed by atoms with Crippen molar-refractivity contribution >= 4 is 5.97 Å². The van der Waals surface area contributed by atoms with E-state index in [4.69, 9.17) is 0 Å². The van der Waals surface area contributed by atoms with Crippen LogP contribution in [0.4, 0.5) is 0 Å². The number of carboxylic acids is 1. The Morgan fingerprint density at radius 3 is 2.71 bits per heavy atom. The number of nitrogens with one attached hydrogen (secondary N) is 1. The standard InChI is InChI=1S/C13H20N2O2/c1-10(2)8-13(3,12(16)17)15-9-11-6-4-5-7-14-11/h4-7,10,15H,8-9H2,1-3H3,(H,16,17). The molecule has 1 heterocycles. The first kappa shape index (κ1) is 13.6. The number of hydrogen-bond acceptors (Lipinski definition) is 3. The van der Waals surface area contributed by atoms with Crippen molar-refractivity contribution < 1.29 is 9.90 Å². The van der Waals surface area contributed by atoms with Crippen LogP contribution in [0.2, 0.25) is 0 Å². The molecule has 0 aliphatic heterocycles. The lowest BCUT2D eigenvalue weighted by molar-refractivity contribution is -0.145. The van der Waals surface area contributed by atoms with Crippen molar-refractivity contribution in [3.63, 3.8) is 0 Å². The van der Waals surface area contributed by atoms with Gasteiger partial charge in [-0.05, 0) is 31.4 Å². The number of rotatable bonds is 6. The van der Waals surface area contributed by atoms with Gasteiger partial charge < -0.3 is 5.11 Å². The second kappa shape index (κ2) is 5.77. The van der Waals surface area contributed by atoms with Gasteiger partial charge in [0, 0.05) is 12.7 Å². The molecule has 0 amide bonds. The molecule has 1 unspecified atom stereocenters. The lowest BCUT2D eigenvalue weighted by Crippen LogP contribution is -2.50. The normalized spacial score (nSPS) is 14.6. The van der Waals surface area contributed by atoms with Crippen LogP contribution < -0.4 is 5.32 Å². The van der Waals surface area contributed by atoms with Gasteiger partial charge >= 0.3 is 5.97 Å². The maximum Gasteiger partial charge on any atom is 0.323 e. The molecule has 4 heteroatoms. The van der Waals surface area contributed by atoms with Crippen LogP contribution in [0.15, 0.2) is 24.4 Å². The Morgan fingerprint density at radius 1 is 1.53 bits per heavy atom. The van der Waals surface area contributed by atoms with Gasteiger partial charge in [0.2, 0.25) is 0 Å². The van der Waals surface area contributed by atoms with E-state index in [1.165, 1.54) is 0 Å². The third-order valence-corrected chi connectivity index (χ3v) is 2.67. The summed E-state index contributed by atoms with van der Waals surface area (Å²) < 4.78 is 0. The van der Waals surface area contributed by atoms with E-state index in [1.54, 1.807) is 13.1 Å². The Hall–Kier alpha value is -1.42. The largest absolute Gasteiger partial charge is 0.480 e. The van der Waals surface area contributed by atoms with Crippen molar-refractivity contribution in [2.24, 2.45) is 5.92 Å². The average Bonchev–Trinajstić information content (AvgIpc) is 2.27. The van der Waals surface area contributed by atoms with Crippen molar-refractivity contribution in [3.05, 3.63) is 30.1 Å². The van der Waals surface area contributed by atoms with Crippen LogP contribution in [-0.2, 0) is 11.3 Å². The van der Waals surface area contributed by atoms with Crippen LogP contribution in [-0.4, -0.2) is 21.6 Å². The lowest BCUT2D eigenvalue weighted by Gasteiger charge is -2.28. The zero-order valence-corrected chi connectivity index (χ0v) is 10.6. The molecular formula is C13H20N2O2. The SMILES string of the molecule is CC(C)CC(C)(NCc1ccccn1)C(=O)O. The van der Waals surface area contributed by atoms with E-state index < -0.39 is 11.5 Å². The molecule has 0 aliphatic carbocycles. The molecule has 4 nitrogen and oxygen atoms in total. The van der Waals surface area contributed by atoms with E-state index in [-0.39, 0.29) is 0 Å². The van der Waals surface area contributed by atoms with Gasteiger partial charge in [0.15, 0.2) is 0 Å². The molecule has 0 aliphatic rings. The van der Waals surface area contributed by atoms with Gasteiger partial charge in [0.1, 0.15) is 5.54 Å². The first-order valence-electron chi connectivity index (χ1n) is 5.82. The van der Waals surface area contributed by atoms with Gasteiger partial charge in [0.25, 0.3) is 0 Å². The number of aliphatic carboxylic acids is 1. The highest BCUT2D eigenvalue weighted by atomic mass is 16.4. The third kappa shape index (κ3) is 4.15. The maximum atomic E-state index is 11.3. The Kier molecular flexibility index (Phi) is 4.63. The predicted molar refractivity (Wildman–Crippen MR) is 66.6 cm³/mol. The highest BCUT2D eigenvalue weighted by Gasteiger charge is 2.33. The molecule has 0 saturated heterocycles. The van der Waals surface area contributed by atoms with E-state index >= 15 is 0 Å². The Bertz CT molecular complexity index is 365. The highest BCUT2D eigenvalue weighted by molar-refractivity contribution is 5.78. The van der Waals surface area contributed by atoms with E-state index in [0.717, 1.165) is 5.69 Å². The smallest absolute Gasteiger partial charge is 0.323 e. The first-order chi connectivity index (χ1) is 7.94. The van der Waals surface area contributed by atoms with E-state index in [0.29, 0.717) is 18.9 Å². The van der Waals surface area contributed by atoms with E-state index in [9.17, 15) is 9.90 Å². The topological polar surface area (TPSA) is 62.2 Å². The molecule has 0 spiro atoms. The summed E-state index contributed by atoms with van der Waals surface area (Å²) in [5.41, 5.74) is -0.0465. The molecule has 0 aromatic carbocycles. The van der Waals surface area contributed by atoms with Crippen molar-refractivity contribution in [2.75, 3.05) is 0 Å². The van der Waals surface area contributed by atoms with Crippen LogP contribution in [0.25, 0.3) is 0 Å². The van der Waals surface area contributed by atoms with Crippen molar-refractivity contribution in [1.82, 2.24) is 10.3 Å². The van der Waals surface area contributed by atoms with Crippen LogP contribution in [0.3, 0.4) is 0 Å². The Balaban J connectivity index is 2.65. The molecule has 0 fully saturated rings. The summed E-state index contributed by atoms with van der Waals surface area (Å²) in [4.78, 5) is 15.5. The zero-order chi connectivity index (χ0) is 12.9. The molecule has 0 bridgehead atoms.